The van der Waals surface area contributed by atoms with Crippen LogP contribution in [0.25, 0.3) is 0 Å². The van der Waals surface area contributed by atoms with Crippen LogP contribution in [-0.4, -0.2) is 23.8 Å². The molecule has 0 bridgehead atoms. The van der Waals surface area contributed by atoms with E-state index in [4.69, 9.17) is 0 Å². The zero-order valence-corrected chi connectivity index (χ0v) is 11.7. The summed E-state index contributed by atoms with van der Waals surface area (Å²) in [6.07, 6.45) is 4.17. The smallest absolute Gasteiger partial charge is 0.0781 e. The summed E-state index contributed by atoms with van der Waals surface area (Å²) >= 11 is 0. The Morgan fingerprint density at radius 2 is 1.50 bits per heavy atom. The zero-order valence-electron chi connectivity index (χ0n) is 11.7. The van der Waals surface area contributed by atoms with Gasteiger partial charge in [0.15, 0.2) is 0 Å². The van der Waals surface area contributed by atoms with Gasteiger partial charge in [0.25, 0.3) is 0 Å². The fourth-order valence-electron chi connectivity index (χ4n) is 3.89. The van der Waals surface area contributed by atoms with Crippen LogP contribution in [0.4, 0.5) is 0 Å². The third-order valence-electron chi connectivity index (χ3n) is 3.45. The van der Waals surface area contributed by atoms with Gasteiger partial charge in [-0.1, -0.05) is 34.6 Å². The molecule has 0 atom stereocenters. The molecule has 96 valence electrons. The van der Waals surface area contributed by atoms with Gasteiger partial charge in [0.05, 0.1) is 5.60 Å². The first-order chi connectivity index (χ1) is 7.18. The first kappa shape index (κ1) is 14.0. The molecule has 0 aromatic rings. The molecule has 0 spiro atoms. The average Bonchev–Trinajstić information content (AvgIpc) is 1.96. The molecule has 1 aliphatic rings. The second kappa shape index (κ2) is 4.66. The second-order valence-electron chi connectivity index (χ2n) is 7.26. The Morgan fingerprint density at radius 1 is 1.00 bits per heavy atom. The minimum atomic E-state index is -0.513. The minimum Gasteiger partial charge on any atom is -0.389 e. The van der Waals surface area contributed by atoms with Crippen molar-refractivity contribution in [1.82, 2.24) is 5.32 Å². The highest BCUT2D eigenvalue weighted by Gasteiger charge is 2.45. The Labute approximate surface area is 101 Å². The number of hydrogen-bond donors (Lipinski definition) is 2. The lowest BCUT2D eigenvalue weighted by molar-refractivity contribution is -0.0836. The molecule has 0 saturated heterocycles. The Kier molecular flexibility index (Phi) is 4.07. The SMILES string of the molecule is CCCNCC1(O)CC(C)(C)CC(C)(C)C1. The van der Waals surface area contributed by atoms with Gasteiger partial charge in [-0.25, -0.2) is 0 Å². The van der Waals surface area contributed by atoms with Crippen molar-refractivity contribution in [3.8, 4) is 0 Å². The molecule has 1 saturated carbocycles. The van der Waals surface area contributed by atoms with Crippen LogP contribution >= 0.6 is 0 Å². The number of hydrogen-bond acceptors (Lipinski definition) is 2. The Morgan fingerprint density at radius 3 is 1.94 bits per heavy atom. The van der Waals surface area contributed by atoms with Crippen LogP contribution in [0.5, 0.6) is 0 Å². The van der Waals surface area contributed by atoms with Crippen LogP contribution < -0.4 is 5.32 Å². The van der Waals surface area contributed by atoms with Gasteiger partial charge in [-0.3, -0.25) is 0 Å². The first-order valence-corrected chi connectivity index (χ1v) is 6.61. The largest absolute Gasteiger partial charge is 0.389 e. The molecular weight excluding hydrogens is 198 g/mol. The van der Waals surface area contributed by atoms with Gasteiger partial charge in [0, 0.05) is 6.54 Å². The third kappa shape index (κ3) is 4.06. The van der Waals surface area contributed by atoms with Gasteiger partial charge < -0.3 is 10.4 Å². The highest BCUT2D eigenvalue weighted by molar-refractivity contribution is 4.98. The number of rotatable bonds is 4. The van der Waals surface area contributed by atoms with Gasteiger partial charge in [0.1, 0.15) is 0 Å². The summed E-state index contributed by atoms with van der Waals surface area (Å²) in [5.41, 5.74) is -0.00475. The van der Waals surface area contributed by atoms with Crippen LogP contribution in [0.2, 0.25) is 0 Å². The van der Waals surface area contributed by atoms with E-state index in [0.29, 0.717) is 0 Å². The van der Waals surface area contributed by atoms with E-state index in [1.165, 1.54) is 6.42 Å². The molecular formula is C14H29NO. The molecule has 0 radical (unpaired) electrons. The van der Waals surface area contributed by atoms with Crippen molar-refractivity contribution in [2.75, 3.05) is 13.1 Å². The van der Waals surface area contributed by atoms with Gasteiger partial charge in [0.2, 0.25) is 0 Å². The van der Waals surface area contributed by atoms with Crippen LogP contribution in [0.3, 0.4) is 0 Å². The Hall–Kier alpha value is -0.0800. The fourth-order valence-corrected chi connectivity index (χ4v) is 3.89. The van der Waals surface area contributed by atoms with E-state index in [0.717, 1.165) is 32.4 Å². The third-order valence-corrected chi connectivity index (χ3v) is 3.45. The van der Waals surface area contributed by atoms with E-state index in [1.54, 1.807) is 0 Å². The van der Waals surface area contributed by atoms with Crippen LogP contribution in [0.15, 0.2) is 0 Å². The number of aliphatic hydroxyl groups is 1. The van der Waals surface area contributed by atoms with Crippen molar-refractivity contribution in [3.63, 3.8) is 0 Å². The predicted molar refractivity (Wildman–Crippen MR) is 69.5 cm³/mol. The van der Waals surface area contributed by atoms with Gasteiger partial charge >= 0.3 is 0 Å². The Bertz CT molecular complexity index is 217. The monoisotopic (exact) mass is 227 g/mol. The van der Waals surface area contributed by atoms with E-state index < -0.39 is 5.60 Å². The molecule has 1 fully saturated rings. The van der Waals surface area contributed by atoms with Crippen molar-refractivity contribution in [3.05, 3.63) is 0 Å². The molecule has 0 amide bonds. The second-order valence-corrected chi connectivity index (χ2v) is 7.26. The van der Waals surface area contributed by atoms with Crippen molar-refractivity contribution < 1.29 is 5.11 Å². The summed E-state index contributed by atoms with van der Waals surface area (Å²) in [4.78, 5) is 0. The molecule has 0 unspecified atom stereocenters. The lowest BCUT2D eigenvalue weighted by Crippen LogP contribution is -2.51. The van der Waals surface area contributed by atoms with Crippen LogP contribution in [0.1, 0.15) is 60.3 Å². The minimum absolute atomic E-state index is 0.254. The molecule has 2 nitrogen and oxygen atoms in total. The first-order valence-electron chi connectivity index (χ1n) is 6.61. The maximum atomic E-state index is 10.7. The maximum absolute atomic E-state index is 10.7. The fraction of sp³-hybridized carbons (Fsp3) is 1.00. The van der Waals surface area contributed by atoms with E-state index >= 15 is 0 Å². The summed E-state index contributed by atoms with van der Waals surface area (Å²) in [7, 11) is 0. The summed E-state index contributed by atoms with van der Waals surface area (Å²) < 4.78 is 0. The van der Waals surface area contributed by atoms with Crippen molar-refractivity contribution >= 4 is 0 Å². The van der Waals surface area contributed by atoms with Crippen LogP contribution in [0, 0.1) is 10.8 Å². The molecule has 0 aromatic carbocycles. The van der Waals surface area contributed by atoms with E-state index in [-0.39, 0.29) is 10.8 Å². The quantitative estimate of drug-likeness (QED) is 0.724. The van der Waals surface area contributed by atoms with Crippen molar-refractivity contribution in [2.24, 2.45) is 10.8 Å². The lowest BCUT2D eigenvalue weighted by Gasteiger charge is -2.49. The van der Waals surface area contributed by atoms with Crippen molar-refractivity contribution in [2.45, 2.75) is 65.9 Å². The molecule has 1 rings (SSSR count). The normalized spacial score (nSPS) is 26.6. The zero-order chi connectivity index (χ0) is 12.4. The maximum Gasteiger partial charge on any atom is 0.0781 e. The summed E-state index contributed by atoms with van der Waals surface area (Å²) in [5.74, 6) is 0. The highest BCUT2D eigenvalue weighted by Crippen LogP contribution is 2.49. The standard InChI is InChI=1S/C14H29NO/c1-6-7-15-11-14(16)9-12(2,3)8-13(4,5)10-14/h15-16H,6-11H2,1-5H3. The Balaban J connectivity index is 2.64. The highest BCUT2D eigenvalue weighted by atomic mass is 16.3. The van der Waals surface area contributed by atoms with E-state index in [2.05, 4.69) is 39.9 Å². The van der Waals surface area contributed by atoms with E-state index in [1.807, 2.05) is 0 Å². The summed E-state index contributed by atoms with van der Waals surface area (Å²) in [5, 5.41) is 14.1. The summed E-state index contributed by atoms with van der Waals surface area (Å²) in [6, 6.07) is 0. The number of nitrogens with one attached hydrogen (secondary N) is 1. The molecule has 0 aromatic heterocycles. The van der Waals surface area contributed by atoms with E-state index in [9.17, 15) is 5.11 Å². The lowest BCUT2D eigenvalue weighted by atomic mass is 9.59. The predicted octanol–water partition coefficient (Wildman–Crippen LogP) is 2.95. The molecule has 0 heterocycles. The average molecular weight is 227 g/mol. The molecule has 1 aliphatic carbocycles. The topological polar surface area (TPSA) is 32.3 Å². The van der Waals surface area contributed by atoms with Crippen molar-refractivity contribution in [1.29, 1.82) is 0 Å². The van der Waals surface area contributed by atoms with Gasteiger partial charge in [-0.15, -0.1) is 0 Å². The molecule has 2 N–H and O–H groups in total. The van der Waals surface area contributed by atoms with Gasteiger partial charge in [-0.2, -0.15) is 0 Å². The molecule has 16 heavy (non-hydrogen) atoms. The molecule has 0 aliphatic heterocycles. The summed E-state index contributed by atoms with van der Waals surface area (Å²) in [6.45, 7) is 13.0. The van der Waals surface area contributed by atoms with Crippen LogP contribution in [-0.2, 0) is 0 Å². The molecule has 2 heteroatoms. The van der Waals surface area contributed by atoms with Gasteiger partial charge in [-0.05, 0) is 43.1 Å².